The van der Waals surface area contributed by atoms with E-state index in [0.717, 1.165) is 18.7 Å². The lowest BCUT2D eigenvalue weighted by Crippen LogP contribution is -2.48. The van der Waals surface area contributed by atoms with Gasteiger partial charge in [-0.3, -0.25) is 4.31 Å². The molecule has 2 saturated heterocycles. The number of likely N-dealkylation sites (tertiary alicyclic amines) is 1. The highest BCUT2D eigenvalue weighted by atomic mass is 32.2. The predicted octanol–water partition coefficient (Wildman–Crippen LogP) is 1.88. The molecule has 2 heterocycles. The van der Waals surface area contributed by atoms with E-state index in [4.69, 9.17) is 0 Å². The van der Waals surface area contributed by atoms with E-state index in [-0.39, 0.29) is 12.1 Å². The van der Waals surface area contributed by atoms with Crippen LogP contribution in [0.15, 0.2) is 24.3 Å². The fourth-order valence-corrected chi connectivity index (χ4v) is 5.53. The maximum Gasteiger partial charge on any atom is 0.321 e. The normalized spacial score (nSPS) is 21.3. The van der Waals surface area contributed by atoms with Crippen molar-refractivity contribution >= 4 is 38.4 Å². The minimum Gasteiger partial charge on any atom is -0.324 e. The molecule has 0 aliphatic carbocycles. The zero-order valence-electron chi connectivity index (χ0n) is 16.3. The number of sulfonamides is 1. The molecule has 2 amide bonds. The number of urea groups is 1. The summed E-state index contributed by atoms with van der Waals surface area (Å²) < 4.78 is 40.4. The Bertz CT molecular complexity index is 818. The van der Waals surface area contributed by atoms with Crippen LogP contribution < -0.4 is 14.3 Å². The van der Waals surface area contributed by atoms with Crippen molar-refractivity contribution in [3.63, 3.8) is 0 Å². The van der Waals surface area contributed by atoms with E-state index in [1.807, 2.05) is 28.6 Å². The van der Waals surface area contributed by atoms with E-state index in [1.165, 1.54) is 0 Å². The van der Waals surface area contributed by atoms with Crippen LogP contribution in [0.4, 0.5) is 16.2 Å². The molecule has 3 rings (SSSR count). The van der Waals surface area contributed by atoms with Gasteiger partial charge in [-0.2, -0.15) is 0 Å². The van der Waals surface area contributed by atoms with Crippen molar-refractivity contribution in [3.8, 4) is 0 Å². The molecule has 156 valence electrons. The molecule has 1 unspecified atom stereocenters. The zero-order chi connectivity index (χ0) is 20.3. The standard InChI is InChI=1S/C18H28N4O4S2/c1-14(2)28(25,26)20-16-8-11-21(12-9-16)18(23)19-15-4-6-17(7-5-15)22-10-3-13-27(22)24/h4-7,14,16,20H,3,8-13H2,1-2H3,(H,19,23). The molecule has 0 bridgehead atoms. The van der Waals surface area contributed by atoms with Crippen LogP contribution in [-0.2, 0) is 21.0 Å². The van der Waals surface area contributed by atoms with Gasteiger partial charge in [0.05, 0.1) is 5.25 Å². The molecule has 0 saturated carbocycles. The Morgan fingerprint density at radius 3 is 2.32 bits per heavy atom. The minimum absolute atomic E-state index is 0.128. The van der Waals surface area contributed by atoms with Crippen LogP contribution in [-0.4, -0.2) is 60.2 Å². The number of piperidine rings is 1. The van der Waals surface area contributed by atoms with Crippen LogP contribution in [0, 0.1) is 0 Å². The molecule has 2 aliphatic rings. The molecule has 2 aliphatic heterocycles. The number of carbonyl (C=O) groups is 1. The molecule has 2 fully saturated rings. The topological polar surface area (TPSA) is 98.8 Å². The van der Waals surface area contributed by atoms with Gasteiger partial charge in [-0.05, 0) is 57.4 Å². The second-order valence-electron chi connectivity index (χ2n) is 7.43. The second-order valence-corrected chi connectivity index (χ2v) is 11.2. The molecular weight excluding hydrogens is 400 g/mol. The second kappa shape index (κ2) is 8.79. The van der Waals surface area contributed by atoms with Crippen molar-refractivity contribution in [1.82, 2.24) is 9.62 Å². The Labute approximate surface area is 169 Å². The molecule has 2 N–H and O–H groups in total. The fraction of sp³-hybridized carbons (Fsp3) is 0.611. The van der Waals surface area contributed by atoms with Gasteiger partial charge >= 0.3 is 6.03 Å². The first kappa shape index (κ1) is 21.1. The summed E-state index contributed by atoms with van der Waals surface area (Å²) in [6.45, 7) is 5.09. The summed E-state index contributed by atoms with van der Waals surface area (Å²) in [6.07, 6.45) is 2.12. The van der Waals surface area contributed by atoms with Gasteiger partial charge in [0, 0.05) is 42.8 Å². The van der Waals surface area contributed by atoms with Crippen molar-refractivity contribution in [1.29, 1.82) is 0 Å². The molecule has 0 spiro atoms. The third-order valence-electron chi connectivity index (χ3n) is 5.07. The van der Waals surface area contributed by atoms with Crippen LogP contribution >= 0.6 is 0 Å². The first-order chi connectivity index (χ1) is 13.3. The molecule has 1 aromatic rings. The van der Waals surface area contributed by atoms with E-state index in [9.17, 15) is 17.4 Å². The molecule has 1 atom stereocenters. The first-order valence-corrected chi connectivity index (χ1v) is 12.4. The number of hydrogen-bond acceptors (Lipinski definition) is 4. The monoisotopic (exact) mass is 428 g/mol. The maximum atomic E-state index is 12.5. The van der Waals surface area contributed by atoms with Gasteiger partial charge in [0.25, 0.3) is 0 Å². The van der Waals surface area contributed by atoms with E-state index in [0.29, 0.717) is 37.4 Å². The molecule has 8 nitrogen and oxygen atoms in total. The number of carbonyl (C=O) groups excluding carboxylic acids is 1. The first-order valence-electron chi connectivity index (χ1n) is 9.59. The fourth-order valence-electron chi connectivity index (χ4n) is 3.27. The van der Waals surface area contributed by atoms with E-state index in [1.54, 1.807) is 18.7 Å². The van der Waals surface area contributed by atoms with Crippen molar-refractivity contribution in [2.24, 2.45) is 0 Å². The van der Waals surface area contributed by atoms with Crippen molar-refractivity contribution in [3.05, 3.63) is 24.3 Å². The number of anilines is 2. The van der Waals surface area contributed by atoms with Gasteiger partial charge in [0.2, 0.25) is 10.0 Å². The van der Waals surface area contributed by atoms with E-state index >= 15 is 0 Å². The van der Waals surface area contributed by atoms with Crippen LogP contribution in [0.3, 0.4) is 0 Å². The summed E-state index contributed by atoms with van der Waals surface area (Å²) in [7, 11) is -4.25. The average Bonchev–Trinajstić information content (AvgIpc) is 3.08. The smallest absolute Gasteiger partial charge is 0.321 e. The number of nitrogens with zero attached hydrogens (tertiary/aromatic N) is 2. The summed E-state index contributed by atoms with van der Waals surface area (Å²) in [5.74, 6) is 0.696. The quantitative estimate of drug-likeness (QED) is 0.748. The lowest BCUT2D eigenvalue weighted by atomic mass is 10.1. The van der Waals surface area contributed by atoms with Crippen LogP contribution in [0.5, 0.6) is 0 Å². The highest BCUT2D eigenvalue weighted by Gasteiger charge is 2.27. The summed E-state index contributed by atoms with van der Waals surface area (Å²) in [5.41, 5.74) is 1.58. The zero-order valence-corrected chi connectivity index (χ0v) is 17.9. The molecule has 0 radical (unpaired) electrons. The third kappa shape index (κ3) is 5.03. The van der Waals surface area contributed by atoms with Gasteiger partial charge in [-0.1, -0.05) is 0 Å². The van der Waals surface area contributed by atoms with Gasteiger partial charge in [0.1, 0.15) is 11.0 Å². The Balaban J connectivity index is 1.50. The van der Waals surface area contributed by atoms with Crippen molar-refractivity contribution in [2.75, 3.05) is 35.0 Å². The van der Waals surface area contributed by atoms with E-state index in [2.05, 4.69) is 10.0 Å². The number of benzene rings is 1. The van der Waals surface area contributed by atoms with Crippen molar-refractivity contribution in [2.45, 2.75) is 44.4 Å². The molecule has 28 heavy (non-hydrogen) atoms. The Hall–Kier alpha value is -1.65. The lowest BCUT2D eigenvalue weighted by Gasteiger charge is -2.32. The number of rotatable bonds is 5. The maximum absolute atomic E-state index is 12.5. The van der Waals surface area contributed by atoms with Crippen LogP contribution in [0.2, 0.25) is 0 Å². The SMILES string of the molecule is CC(C)S(=O)(=O)NC1CCN(C(=O)Nc2ccc(N3CCCS3=O)cc2)CC1. The van der Waals surface area contributed by atoms with Gasteiger partial charge in [-0.15, -0.1) is 0 Å². The lowest BCUT2D eigenvalue weighted by molar-refractivity contribution is 0.193. The predicted molar refractivity (Wildman–Crippen MR) is 112 cm³/mol. The molecule has 10 heteroatoms. The van der Waals surface area contributed by atoms with Crippen LogP contribution in [0.25, 0.3) is 0 Å². The Morgan fingerprint density at radius 2 is 1.79 bits per heavy atom. The largest absolute Gasteiger partial charge is 0.324 e. The Kier molecular flexibility index (Phi) is 6.61. The van der Waals surface area contributed by atoms with Crippen LogP contribution in [0.1, 0.15) is 33.1 Å². The molecule has 1 aromatic carbocycles. The average molecular weight is 429 g/mol. The summed E-state index contributed by atoms with van der Waals surface area (Å²) in [5, 5.41) is 2.41. The summed E-state index contributed by atoms with van der Waals surface area (Å²) in [6, 6.07) is 7.04. The number of nitrogens with one attached hydrogen (secondary N) is 2. The van der Waals surface area contributed by atoms with Gasteiger partial charge in [-0.25, -0.2) is 22.1 Å². The highest BCUT2D eigenvalue weighted by Crippen LogP contribution is 2.23. The van der Waals surface area contributed by atoms with E-state index < -0.39 is 26.3 Å². The van der Waals surface area contributed by atoms with Gasteiger partial charge in [0.15, 0.2) is 0 Å². The summed E-state index contributed by atoms with van der Waals surface area (Å²) in [4.78, 5) is 14.2. The van der Waals surface area contributed by atoms with Crippen molar-refractivity contribution < 1.29 is 17.4 Å². The Morgan fingerprint density at radius 1 is 1.14 bits per heavy atom. The van der Waals surface area contributed by atoms with Gasteiger partial charge < -0.3 is 10.2 Å². The summed E-state index contributed by atoms with van der Waals surface area (Å²) >= 11 is 0. The minimum atomic E-state index is -3.29. The molecular formula is C18H28N4O4S2. The number of hydrogen-bond donors (Lipinski definition) is 2. The highest BCUT2D eigenvalue weighted by molar-refractivity contribution is 7.90. The third-order valence-corrected chi connectivity index (χ3v) is 8.49. The number of amides is 2. The molecule has 0 aromatic heterocycles.